The van der Waals surface area contributed by atoms with Crippen LogP contribution in [0, 0.1) is 17.0 Å². The SMILES string of the molecule is Cc1cc(NC(=O)CCNC(=O)Nc2ccc(Br)cc2)n(-c2ccc([N+](=O)[O-])cc2)n1. The Bertz CT molecular complexity index is 1100. The maximum absolute atomic E-state index is 12.3. The first kappa shape index (κ1) is 22.0. The molecule has 0 spiro atoms. The Balaban J connectivity index is 1.54. The third-order valence-corrected chi connectivity index (χ3v) is 4.67. The average molecular weight is 487 g/mol. The molecule has 0 aliphatic heterocycles. The topological polar surface area (TPSA) is 131 Å². The van der Waals surface area contributed by atoms with Gasteiger partial charge < -0.3 is 16.0 Å². The van der Waals surface area contributed by atoms with Gasteiger partial charge in [-0.25, -0.2) is 9.48 Å². The number of nitro benzene ring substituents is 1. The zero-order valence-electron chi connectivity index (χ0n) is 16.5. The van der Waals surface area contributed by atoms with Gasteiger partial charge in [-0.2, -0.15) is 5.10 Å². The Morgan fingerprint density at radius 3 is 2.42 bits per heavy atom. The number of nitrogens with one attached hydrogen (secondary N) is 3. The second kappa shape index (κ2) is 9.85. The molecule has 10 nitrogen and oxygen atoms in total. The predicted octanol–water partition coefficient (Wildman–Crippen LogP) is 4.00. The summed E-state index contributed by atoms with van der Waals surface area (Å²) in [5.74, 6) is 0.114. The number of halogens is 1. The van der Waals surface area contributed by atoms with Crippen molar-refractivity contribution in [3.05, 3.63) is 74.9 Å². The van der Waals surface area contributed by atoms with Crippen LogP contribution in [0.4, 0.5) is 22.0 Å². The highest BCUT2D eigenvalue weighted by atomic mass is 79.9. The number of nitro groups is 1. The van der Waals surface area contributed by atoms with Crippen LogP contribution in [0.3, 0.4) is 0 Å². The van der Waals surface area contributed by atoms with E-state index in [1.54, 1.807) is 49.4 Å². The number of benzene rings is 2. The van der Waals surface area contributed by atoms with Gasteiger partial charge in [0.2, 0.25) is 5.91 Å². The van der Waals surface area contributed by atoms with Crippen LogP contribution >= 0.6 is 15.9 Å². The molecule has 3 rings (SSSR count). The largest absolute Gasteiger partial charge is 0.337 e. The van der Waals surface area contributed by atoms with Gasteiger partial charge in [0.15, 0.2) is 0 Å². The van der Waals surface area contributed by atoms with Crippen molar-refractivity contribution in [3.8, 4) is 5.69 Å². The molecule has 1 heterocycles. The van der Waals surface area contributed by atoms with Crippen LogP contribution < -0.4 is 16.0 Å². The van der Waals surface area contributed by atoms with Gasteiger partial charge in [0.25, 0.3) is 5.69 Å². The minimum Gasteiger partial charge on any atom is -0.337 e. The molecule has 1 aromatic heterocycles. The highest BCUT2D eigenvalue weighted by molar-refractivity contribution is 9.10. The summed E-state index contributed by atoms with van der Waals surface area (Å²) in [4.78, 5) is 34.6. The third kappa shape index (κ3) is 6.12. The summed E-state index contributed by atoms with van der Waals surface area (Å²) in [6.07, 6.45) is 0.0538. The van der Waals surface area contributed by atoms with E-state index >= 15 is 0 Å². The molecule has 3 amide bonds. The lowest BCUT2D eigenvalue weighted by Crippen LogP contribution is -2.31. The van der Waals surface area contributed by atoms with Gasteiger partial charge in [-0.15, -0.1) is 0 Å². The maximum Gasteiger partial charge on any atom is 0.319 e. The molecule has 2 aromatic carbocycles. The lowest BCUT2D eigenvalue weighted by molar-refractivity contribution is -0.384. The van der Waals surface area contributed by atoms with Crippen LogP contribution in [-0.4, -0.2) is 33.2 Å². The Labute approximate surface area is 185 Å². The van der Waals surface area contributed by atoms with Crippen molar-refractivity contribution in [1.82, 2.24) is 15.1 Å². The van der Waals surface area contributed by atoms with Crippen molar-refractivity contribution in [2.75, 3.05) is 17.2 Å². The van der Waals surface area contributed by atoms with Crippen LogP contribution in [0.2, 0.25) is 0 Å². The molecule has 0 saturated carbocycles. The maximum atomic E-state index is 12.3. The summed E-state index contributed by atoms with van der Waals surface area (Å²) in [7, 11) is 0. The first-order valence-corrected chi connectivity index (χ1v) is 10.0. The second-order valence-corrected chi connectivity index (χ2v) is 7.46. The van der Waals surface area contributed by atoms with E-state index in [0.29, 0.717) is 22.9 Å². The van der Waals surface area contributed by atoms with Crippen molar-refractivity contribution in [3.63, 3.8) is 0 Å². The average Bonchev–Trinajstić information content (AvgIpc) is 3.09. The van der Waals surface area contributed by atoms with E-state index in [1.807, 2.05) is 0 Å². The highest BCUT2D eigenvalue weighted by Gasteiger charge is 2.13. The van der Waals surface area contributed by atoms with Gasteiger partial charge in [-0.3, -0.25) is 14.9 Å². The van der Waals surface area contributed by atoms with Crippen LogP contribution in [0.5, 0.6) is 0 Å². The minimum absolute atomic E-state index is 0.0364. The number of aryl methyl sites for hydroxylation is 1. The van der Waals surface area contributed by atoms with Crippen molar-refractivity contribution in [1.29, 1.82) is 0 Å². The molecule has 160 valence electrons. The predicted molar refractivity (Wildman–Crippen MR) is 119 cm³/mol. The molecular formula is C20H19BrN6O4. The number of amides is 3. The molecule has 31 heavy (non-hydrogen) atoms. The molecule has 0 radical (unpaired) electrons. The molecule has 0 atom stereocenters. The van der Waals surface area contributed by atoms with Gasteiger partial charge >= 0.3 is 6.03 Å². The van der Waals surface area contributed by atoms with E-state index in [4.69, 9.17) is 0 Å². The van der Waals surface area contributed by atoms with E-state index in [1.165, 1.54) is 16.8 Å². The molecule has 0 saturated heterocycles. The van der Waals surface area contributed by atoms with Crippen molar-refractivity contribution in [2.24, 2.45) is 0 Å². The molecule has 0 fully saturated rings. The zero-order chi connectivity index (χ0) is 22.4. The summed E-state index contributed by atoms with van der Waals surface area (Å²) in [5.41, 5.74) is 1.83. The number of hydrogen-bond donors (Lipinski definition) is 3. The Morgan fingerprint density at radius 1 is 1.10 bits per heavy atom. The van der Waals surface area contributed by atoms with Crippen LogP contribution in [0.1, 0.15) is 12.1 Å². The monoisotopic (exact) mass is 486 g/mol. The normalized spacial score (nSPS) is 10.4. The number of anilines is 2. The van der Waals surface area contributed by atoms with Crippen LogP contribution in [-0.2, 0) is 4.79 Å². The molecular weight excluding hydrogens is 468 g/mol. The molecule has 0 bridgehead atoms. The summed E-state index contributed by atoms with van der Waals surface area (Å²) in [5, 5.41) is 23.2. The van der Waals surface area contributed by atoms with E-state index in [2.05, 4.69) is 37.0 Å². The van der Waals surface area contributed by atoms with Gasteiger partial charge in [-0.1, -0.05) is 15.9 Å². The second-order valence-electron chi connectivity index (χ2n) is 6.54. The zero-order valence-corrected chi connectivity index (χ0v) is 18.0. The highest BCUT2D eigenvalue weighted by Crippen LogP contribution is 2.20. The first-order chi connectivity index (χ1) is 14.8. The molecule has 0 unspecified atom stereocenters. The third-order valence-electron chi connectivity index (χ3n) is 4.14. The lowest BCUT2D eigenvalue weighted by Gasteiger charge is -2.10. The molecule has 3 aromatic rings. The number of non-ortho nitro benzene ring substituents is 1. The van der Waals surface area contributed by atoms with Gasteiger partial charge in [0.1, 0.15) is 5.82 Å². The van der Waals surface area contributed by atoms with Crippen LogP contribution in [0.25, 0.3) is 5.69 Å². The van der Waals surface area contributed by atoms with Crippen molar-refractivity contribution >= 4 is 45.1 Å². The van der Waals surface area contributed by atoms with Crippen molar-refractivity contribution in [2.45, 2.75) is 13.3 Å². The number of hydrogen-bond acceptors (Lipinski definition) is 5. The standard InChI is InChI=1S/C20H19BrN6O4/c1-13-12-18(26(25-13)16-6-8-17(9-7-16)27(30)31)24-19(28)10-11-22-20(29)23-15-4-2-14(21)3-5-15/h2-9,12H,10-11H2,1H3,(H,24,28)(H2,22,23,29). The fourth-order valence-electron chi connectivity index (χ4n) is 2.70. The lowest BCUT2D eigenvalue weighted by atomic mass is 10.3. The van der Waals surface area contributed by atoms with Gasteiger partial charge in [0, 0.05) is 41.3 Å². The van der Waals surface area contributed by atoms with E-state index in [9.17, 15) is 19.7 Å². The van der Waals surface area contributed by atoms with E-state index < -0.39 is 11.0 Å². The first-order valence-electron chi connectivity index (χ1n) is 9.23. The quantitative estimate of drug-likeness (QED) is 0.343. The van der Waals surface area contributed by atoms with E-state index in [-0.39, 0.29) is 24.6 Å². The Hall–Kier alpha value is -3.73. The molecule has 0 aliphatic carbocycles. The number of rotatable bonds is 7. The number of carbonyl (C=O) groups excluding carboxylic acids is 2. The van der Waals surface area contributed by atoms with Gasteiger partial charge in [-0.05, 0) is 43.3 Å². The number of nitrogens with zero attached hydrogens (tertiary/aromatic N) is 3. The summed E-state index contributed by atoms with van der Waals surface area (Å²) < 4.78 is 2.39. The number of aromatic nitrogens is 2. The summed E-state index contributed by atoms with van der Waals surface area (Å²) >= 11 is 3.32. The number of carbonyl (C=O) groups is 2. The summed E-state index contributed by atoms with van der Waals surface area (Å²) in [6, 6.07) is 14.2. The van der Waals surface area contributed by atoms with Gasteiger partial charge in [0.05, 0.1) is 16.3 Å². The molecule has 0 aliphatic rings. The fraction of sp³-hybridized carbons (Fsp3) is 0.150. The smallest absolute Gasteiger partial charge is 0.319 e. The molecule has 3 N–H and O–H groups in total. The van der Waals surface area contributed by atoms with E-state index in [0.717, 1.165) is 4.47 Å². The number of urea groups is 1. The Kier molecular flexibility index (Phi) is 6.98. The summed E-state index contributed by atoms with van der Waals surface area (Å²) in [6.45, 7) is 1.91. The van der Waals surface area contributed by atoms with Crippen LogP contribution in [0.15, 0.2) is 59.1 Å². The fourth-order valence-corrected chi connectivity index (χ4v) is 2.97. The van der Waals surface area contributed by atoms with Crippen molar-refractivity contribution < 1.29 is 14.5 Å². The minimum atomic E-state index is -0.485. The molecule has 11 heteroatoms. The Morgan fingerprint density at radius 2 is 1.77 bits per heavy atom.